The van der Waals surface area contributed by atoms with E-state index >= 15 is 0 Å². The molecule has 0 aliphatic carbocycles. The van der Waals surface area contributed by atoms with Crippen LogP contribution in [0.3, 0.4) is 0 Å². The summed E-state index contributed by atoms with van der Waals surface area (Å²) in [7, 11) is 0. The van der Waals surface area contributed by atoms with Gasteiger partial charge in [0.25, 0.3) is 0 Å². The van der Waals surface area contributed by atoms with E-state index in [-0.39, 0.29) is 5.91 Å². The summed E-state index contributed by atoms with van der Waals surface area (Å²) < 4.78 is 2.05. The van der Waals surface area contributed by atoms with Crippen LogP contribution in [-0.2, 0) is 4.79 Å². The van der Waals surface area contributed by atoms with Gasteiger partial charge < -0.3 is 10.2 Å². The van der Waals surface area contributed by atoms with E-state index in [0.29, 0.717) is 11.6 Å². The summed E-state index contributed by atoms with van der Waals surface area (Å²) >= 11 is 6.16. The molecule has 1 aliphatic heterocycles. The van der Waals surface area contributed by atoms with Crippen molar-refractivity contribution in [2.75, 3.05) is 42.9 Å². The van der Waals surface area contributed by atoms with Crippen LogP contribution in [0.25, 0.3) is 5.69 Å². The SMILES string of the molecule is Cc1cc(C)c(NC(=O)CN2CCN(c3nccn3-c3cccc(Cl)c3)CC2)c(C)c1. The number of imidazole rings is 1. The number of anilines is 2. The summed E-state index contributed by atoms with van der Waals surface area (Å²) in [5, 5.41) is 3.81. The van der Waals surface area contributed by atoms with E-state index < -0.39 is 0 Å². The molecule has 4 rings (SSSR count). The van der Waals surface area contributed by atoms with Gasteiger partial charge in [-0.15, -0.1) is 0 Å². The average Bonchev–Trinajstić information content (AvgIpc) is 3.21. The zero-order valence-corrected chi connectivity index (χ0v) is 19.0. The predicted octanol–water partition coefficient (Wildman–Crippen LogP) is 4.21. The van der Waals surface area contributed by atoms with E-state index in [2.05, 4.69) is 43.7 Å². The molecular formula is C24H28ClN5O. The van der Waals surface area contributed by atoms with E-state index in [1.165, 1.54) is 5.56 Å². The number of hydrogen-bond acceptors (Lipinski definition) is 4. The van der Waals surface area contributed by atoms with Crippen LogP contribution in [0.2, 0.25) is 5.02 Å². The topological polar surface area (TPSA) is 53.4 Å². The Bertz CT molecular complexity index is 1060. The number of nitrogens with one attached hydrogen (secondary N) is 1. The van der Waals surface area contributed by atoms with Crippen LogP contribution in [-0.4, -0.2) is 53.1 Å². The van der Waals surface area contributed by atoms with Gasteiger partial charge in [0.15, 0.2) is 0 Å². The first-order chi connectivity index (χ1) is 14.9. The van der Waals surface area contributed by atoms with E-state index in [4.69, 9.17) is 11.6 Å². The number of carbonyl (C=O) groups excluding carboxylic acids is 1. The Morgan fingerprint density at radius 1 is 1.06 bits per heavy atom. The zero-order chi connectivity index (χ0) is 22.0. The van der Waals surface area contributed by atoms with Gasteiger partial charge in [-0.05, 0) is 50.1 Å². The van der Waals surface area contributed by atoms with E-state index in [9.17, 15) is 4.79 Å². The quantitative estimate of drug-likeness (QED) is 0.649. The van der Waals surface area contributed by atoms with Crippen molar-refractivity contribution in [2.24, 2.45) is 0 Å². The third-order valence-corrected chi connectivity index (χ3v) is 5.91. The molecule has 0 spiro atoms. The maximum absolute atomic E-state index is 12.7. The van der Waals surface area contributed by atoms with E-state index in [1.54, 1.807) is 0 Å². The Labute approximate surface area is 188 Å². The Balaban J connectivity index is 1.36. The molecule has 1 N–H and O–H groups in total. The van der Waals surface area contributed by atoms with Crippen molar-refractivity contribution >= 4 is 29.1 Å². The molecule has 0 radical (unpaired) electrons. The molecule has 3 aromatic rings. The molecule has 1 aromatic heterocycles. The molecule has 2 aromatic carbocycles. The molecule has 2 heterocycles. The van der Waals surface area contributed by atoms with Crippen LogP contribution in [0.15, 0.2) is 48.8 Å². The van der Waals surface area contributed by atoms with Crippen molar-refractivity contribution in [3.63, 3.8) is 0 Å². The molecule has 7 heteroatoms. The van der Waals surface area contributed by atoms with Crippen LogP contribution in [0, 0.1) is 20.8 Å². The fraction of sp³-hybridized carbons (Fsp3) is 0.333. The molecule has 0 saturated carbocycles. The largest absolute Gasteiger partial charge is 0.339 e. The monoisotopic (exact) mass is 437 g/mol. The fourth-order valence-corrected chi connectivity index (χ4v) is 4.41. The van der Waals surface area contributed by atoms with Gasteiger partial charge in [-0.25, -0.2) is 4.98 Å². The summed E-state index contributed by atoms with van der Waals surface area (Å²) in [5.41, 5.74) is 5.33. The zero-order valence-electron chi connectivity index (χ0n) is 18.2. The van der Waals surface area contributed by atoms with Crippen molar-refractivity contribution in [3.8, 4) is 5.69 Å². The highest BCUT2D eigenvalue weighted by Gasteiger charge is 2.22. The molecule has 1 fully saturated rings. The molecule has 31 heavy (non-hydrogen) atoms. The van der Waals surface area contributed by atoms with E-state index in [0.717, 1.165) is 54.6 Å². The van der Waals surface area contributed by atoms with Crippen LogP contribution in [0.1, 0.15) is 16.7 Å². The lowest BCUT2D eigenvalue weighted by atomic mass is 10.1. The maximum Gasteiger partial charge on any atom is 0.238 e. The first kappa shape index (κ1) is 21.4. The number of benzene rings is 2. The van der Waals surface area contributed by atoms with Crippen LogP contribution < -0.4 is 10.2 Å². The predicted molar refractivity (Wildman–Crippen MR) is 127 cm³/mol. The molecule has 1 amide bonds. The Hall–Kier alpha value is -2.83. The average molecular weight is 438 g/mol. The highest BCUT2D eigenvalue weighted by molar-refractivity contribution is 6.30. The summed E-state index contributed by atoms with van der Waals surface area (Å²) in [6.45, 7) is 9.78. The van der Waals surface area contributed by atoms with Gasteiger partial charge in [0.05, 0.1) is 6.54 Å². The lowest BCUT2D eigenvalue weighted by Gasteiger charge is -2.35. The molecule has 1 aliphatic rings. The Morgan fingerprint density at radius 2 is 1.77 bits per heavy atom. The number of carbonyl (C=O) groups is 1. The Kier molecular flexibility index (Phi) is 6.30. The summed E-state index contributed by atoms with van der Waals surface area (Å²) in [4.78, 5) is 21.7. The number of rotatable bonds is 5. The molecule has 0 unspecified atom stereocenters. The second kappa shape index (κ2) is 9.12. The molecule has 0 atom stereocenters. The second-order valence-corrected chi connectivity index (χ2v) is 8.60. The first-order valence-electron chi connectivity index (χ1n) is 10.5. The normalized spacial score (nSPS) is 14.6. The first-order valence-corrected chi connectivity index (χ1v) is 10.9. The number of hydrogen-bond donors (Lipinski definition) is 1. The maximum atomic E-state index is 12.7. The number of aryl methyl sites for hydroxylation is 3. The van der Waals surface area contributed by atoms with Gasteiger partial charge in [-0.3, -0.25) is 14.3 Å². The van der Waals surface area contributed by atoms with Gasteiger partial charge in [0.1, 0.15) is 0 Å². The van der Waals surface area contributed by atoms with Gasteiger partial charge >= 0.3 is 0 Å². The second-order valence-electron chi connectivity index (χ2n) is 8.16. The van der Waals surface area contributed by atoms with Gasteiger partial charge in [-0.1, -0.05) is 35.4 Å². The Morgan fingerprint density at radius 3 is 2.45 bits per heavy atom. The molecule has 0 bridgehead atoms. The van der Waals surface area contributed by atoms with Crippen molar-refractivity contribution < 1.29 is 4.79 Å². The van der Waals surface area contributed by atoms with Crippen molar-refractivity contribution in [1.29, 1.82) is 0 Å². The van der Waals surface area contributed by atoms with Crippen molar-refractivity contribution in [3.05, 3.63) is 70.5 Å². The molecular weight excluding hydrogens is 410 g/mol. The molecule has 6 nitrogen and oxygen atoms in total. The smallest absolute Gasteiger partial charge is 0.238 e. The highest BCUT2D eigenvalue weighted by Crippen LogP contribution is 2.23. The standard InChI is InChI=1S/C24H28ClN5O/c1-17-13-18(2)23(19(3)14-17)27-22(31)16-28-9-11-29(12-10-28)24-26-7-8-30(24)21-6-4-5-20(25)15-21/h4-8,13-15H,9-12,16H2,1-3H3,(H,27,31). The van der Waals surface area contributed by atoms with Crippen molar-refractivity contribution in [2.45, 2.75) is 20.8 Å². The van der Waals surface area contributed by atoms with E-state index in [1.807, 2.05) is 50.5 Å². The van der Waals surface area contributed by atoms with Crippen molar-refractivity contribution in [1.82, 2.24) is 14.5 Å². The minimum Gasteiger partial charge on any atom is -0.339 e. The summed E-state index contributed by atoms with van der Waals surface area (Å²) in [5.74, 6) is 0.932. The number of aromatic nitrogens is 2. The summed E-state index contributed by atoms with van der Waals surface area (Å²) in [6, 6.07) is 12.0. The minimum absolute atomic E-state index is 0.0314. The number of piperazine rings is 1. The lowest BCUT2D eigenvalue weighted by Crippen LogP contribution is -2.49. The van der Waals surface area contributed by atoms with Crippen LogP contribution in [0.4, 0.5) is 11.6 Å². The van der Waals surface area contributed by atoms with Crippen LogP contribution >= 0.6 is 11.6 Å². The van der Waals surface area contributed by atoms with Gasteiger partial charge in [-0.2, -0.15) is 0 Å². The number of amides is 1. The molecule has 162 valence electrons. The van der Waals surface area contributed by atoms with Gasteiger partial charge in [0.2, 0.25) is 11.9 Å². The minimum atomic E-state index is 0.0314. The fourth-order valence-electron chi connectivity index (χ4n) is 4.22. The third-order valence-electron chi connectivity index (χ3n) is 5.67. The molecule has 1 saturated heterocycles. The number of nitrogens with zero attached hydrogens (tertiary/aromatic N) is 4. The van der Waals surface area contributed by atoms with Gasteiger partial charge in [0, 0.05) is 55.0 Å². The third kappa shape index (κ3) is 4.92. The number of halogens is 1. The lowest BCUT2D eigenvalue weighted by molar-refractivity contribution is -0.117. The summed E-state index contributed by atoms with van der Waals surface area (Å²) in [6.07, 6.45) is 3.76. The van der Waals surface area contributed by atoms with Crippen LogP contribution in [0.5, 0.6) is 0 Å². The highest BCUT2D eigenvalue weighted by atomic mass is 35.5.